The van der Waals surface area contributed by atoms with E-state index in [4.69, 9.17) is 9.84 Å². The molecule has 0 atom stereocenters. The van der Waals surface area contributed by atoms with Crippen molar-refractivity contribution in [2.75, 3.05) is 13.7 Å². The van der Waals surface area contributed by atoms with Gasteiger partial charge in [0.25, 0.3) is 0 Å². The van der Waals surface area contributed by atoms with Crippen molar-refractivity contribution in [3.05, 3.63) is 24.0 Å². The molecule has 1 fully saturated rings. The Kier molecular flexibility index (Phi) is 3.96. The summed E-state index contributed by atoms with van der Waals surface area (Å²) in [5.41, 5.74) is 0. The third-order valence-corrected chi connectivity index (χ3v) is 4.87. The number of carboxylic acid groups (broad SMARTS) is 1. The van der Waals surface area contributed by atoms with E-state index in [-0.39, 0.29) is 16.7 Å². The molecule has 0 spiro atoms. The SMILES string of the molecule is COc1ccc(S(=O)(=O)N(CC(=O)O)C2CC2)cc1F. The molecular formula is C12H14FNO5S. The number of benzene rings is 1. The average Bonchev–Trinajstić information content (AvgIpc) is 3.19. The van der Waals surface area contributed by atoms with Crippen molar-refractivity contribution >= 4 is 16.0 Å². The van der Waals surface area contributed by atoms with Gasteiger partial charge in [-0.2, -0.15) is 4.31 Å². The second-order valence-electron chi connectivity index (χ2n) is 4.47. The minimum atomic E-state index is -4.02. The lowest BCUT2D eigenvalue weighted by atomic mass is 10.3. The fraction of sp³-hybridized carbons (Fsp3) is 0.417. The maximum Gasteiger partial charge on any atom is 0.318 e. The minimum Gasteiger partial charge on any atom is -0.494 e. The molecule has 0 aliphatic heterocycles. The molecule has 0 saturated heterocycles. The number of ether oxygens (including phenoxy) is 1. The van der Waals surface area contributed by atoms with Crippen molar-refractivity contribution in [1.82, 2.24) is 4.31 Å². The largest absolute Gasteiger partial charge is 0.494 e. The second-order valence-corrected chi connectivity index (χ2v) is 6.36. The second kappa shape index (κ2) is 5.37. The average molecular weight is 303 g/mol. The Bertz CT molecular complexity index is 627. The molecular weight excluding hydrogens is 289 g/mol. The molecule has 0 aromatic heterocycles. The predicted molar refractivity (Wildman–Crippen MR) is 67.5 cm³/mol. The predicted octanol–water partition coefficient (Wildman–Crippen LogP) is 1.07. The highest BCUT2D eigenvalue weighted by Crippen LogP contribution is 2.32. The zero-order valence-corrected chi connectivity index (χ0v) is 11.6. The number of carbonyl (C=O) groups is 1. The van der Waals surface area contributed by atoms with Gasteiger partial charge in [0, 0.05) is 6.04 Å². The number of halogens is 1. The van der Waals surface area contributed by atoms with Gasteiger partial charge in [-0.1, -0.05) is 0 Å². The molecule has 1 saturated carbocycles. The molecule has 0 amide bonds. The summed E-state index contributed by atoms with van der Waals surface area (Å²) >= 11 is 0. The van der Waals surface area contributed by atoms with Crippen LogP contribution in [0.15, 0.2) is 23.1 Å². The van der Waals surface area contributed by atoms with E-state index in [9.17, 15) is 17.6 Å². The molecule has 20 heavy (non-hydrogen) atoms. The van der Waals surface area contributed by atoms with Crippen LogP contribution in [-0.4, -0.2) is 43.5 Å². The van der Waals surface area contributed by atoms with Crippen molar-refractivity contribution in [1.29, 1.82) is 0 Å². The van der Waals surface area contributed by atoms with E-state index in [1.165, 1.54) is 19.2 Å². The van der Waals surface area contributed by atoms with Crippen LogP contribution in [0.5, 0.6) is 5.75 Å². The first kappa shape index (κ1) is 14.7. The van der Waals surface area contributed by atoms with Gasteiger partial charge in [0.2, 0.25) is 10.0 Å². The molecule has 0 radical (unpaired) electrons. The maximum atomic E-state index is 13.6. The molecule has 0 unspecified atom stereocenters. The van der Waals surface area contributed by atoms with Crippen LogP contribution in [-0.2, 0) is 14.8 Å². The zero-order valence-electron chi connectivity index (χ0n) is 10.7. The lowest BCUT2D eigenvalue weighted by molar-refractivity contribution is -0.137. The Morgan fingerprint density at radius 3 is 2.60 bits per heavy atom. The topological polar surface area (TPSA) is 83.9 Å². The quantitative estimate of drug-likeness (QED) is 0.850. The van der Waals surface area contributed by atoms with E-state index in [1.807, 2.05) is 0 Å². The number of nitrogens with zero attached hydrogens (tertiary/aromatic N) is 1. The van der Waals surface area contributed by atoms with Gasteiger partial charge in [0.15, 0.2) is 11.6 Å². The molecule has 2 rings (SSSR count). The molecule has 1 N–H and O–H groups in total. The van der Waals surface area contributed by atoms with Crippen molar-refractivity contribution in [2.45, 2.75) is 23.8 Å². The van der Waals surface area contributed by atoms with Crippen molar-refractivity contribution in [3.63, 3.8) is 0 Å². The van der Waals surface area contributed by atoms with Crippen LogP contribution in [0.3, 0.4) is 0 Å². The highest BCUT2D eigenvalue weighted by molar-refractivity contribution is 7.89. The third kappa shape index (κ3) is 2.91. The first-order valence-corrected chi connectivity index (χ1v) is 7.37. The molecule has 1 aliphatic rings. The smallest absolute Gasteiger partial charge is 0.318 e. The highest BCUT2D eigenvalue weighted by Gasteiger charge is 2.39. The lowest BCUT2D eigenvalue weighted by Crippen LogP contribution is -2.37. The molecule has 1 aromatic rings. The molecule has 110 valence electrons. The monoisotopic (exact) mass is 303 g/mol. The van der Waals surface area contributed by atoms with Crippen LogP contribution < -0.4 is 4.74 Å². The van der Waals surface area contributed by atoms with Crippen molar-refractivity contribution in [2.24, 2.45) is 0 Å². The number of methoxy groups -OCH3 is 1. The first-order chi connectivity index (χ1) is 9.36. The van der Waals surface area contributed by atoms with E-state index < -0.39 is 28.4 Å². The van der Waals surface area contributed by atoms with E-state index in [0.29, 0.717) is 12.8 Å². The number of rotatable bonds is 6. The van der Waals surface area contributed by atoms with Gasteiger partial charge < -0.3 is 9.84 Å². The van der Waals surface area contributed by atoms with Crippen LogP contribution in [0.1, 0.15) is 12.8 Å². The first-order valence-electron chi connectivity index (χ1n) is 5.93. The van der Waals surface area contributed by atoms with Gasteiger partial charge in [0.05, 0.1) is 12.0 Å². The Hall–Kier alpha value is -1.67. The zero-order chi connectivity index (χ0) is 14.9. The van der Waals surface area contributed by atoms with E-state index in [0.717, 1.165) is 10.4 Å². The fourth-order valence-electron chi connectivity index (χ4n) is 1.85. The Balaban J connectivity index is 2.37. The number of sulfonamides is 1. The Labute approximate surface area is 115 Å². The fourth-order valence-corrected chi connectivity index (χ4v) is 3.50. The van der Waals surface area contributed by atoms with Gasteiger partial charge >= 0.3 is 5.97 Å². The lowest BCUT2D eigenvalue weighted by Gasteiger charge is -2.20. The summed E-state index contributed by atoms with van der Waals surface area (Å²) in [5, 5.41) is 8.81. The van der Waals surface area contributed by atoms with E-state index >= 15 is 0 Å². The highest BCUT2D eigenvalue weighted by atomic mass is 32.2. The van der Waals surface area contributed by atoms with Crippen molar-refractivity contribution < 1.29 is 27.4 Å². The summed E-state index contributed by atoms with van der Waals surface area (Å²) in [7, 11) is -2.75. The summed E-state index contributed by atoms with van der Waals surface area (Å²) in [6.45, 7) is -0.624. The Morgan fingerprint density at radius 2 is 2.15 bits per heavy atom. The minimum absolute atomic E-state index is 0.0693. The third-order valence-electron chi connectivity index (χ3n) is 2.98. The number of aliphatic carboxylic acids is 1. The summed E-state index contributed by atoms with van der Waals surface area (Å²) in [6.07, 6.45) is 1.23. The summed E-state index contributed by atoms with van der Waals surface area (Å²) in [6, 6.07) is 2.93. The standard InChI is InChI=1S/C12H14FNO5S/c1-19-11-5-4-9(6-10(11)13)20(17,18)14(7-12(15)16)8-2-3-8/h4-6,8H,2-3,7H2,1H3,(H,15,16). The van der Waals surface area contributed by atoms with Crippen LogP contribution in [0.4, 0.5) is 4.39 Å². The normalized spacial score (nSPS) is 15.3. The summed E-state index contributed by atoms with van der Waals surface area (Å²) < 4.78 is 43.9. The van der Waals surface area contributed by atoms with Crippen LogP contribution >= 0.6 is 0 Å². The number of hydrogen-bond donors (Lipinski definition) is 1. The molecule has 8 heteroatoms. The van der Waals surface area contributed by atoms with Gasteiger partial charge in [0.1, 0.15) is 6.54 Å². The van der Waals surface area contributed by atoms with Crippen LogP contribution in [0, 0.1) is 5.82 Å². The van der Waals surface area contributed by atoms with E-state index in [1.54, 1.807) is 0 Å². The van der Waals surface area contributed by atoms with Crippen LogP contribution in [0.2, 0.25) is 0 Å². The molecule has 0 bridgehead atoms. The number of hydrogen-bond acceptors (Lipinski definition) is 4. The van der Waals surface area contributed by atoms with Gasteiger partial charge in [-0.15, -0.1) is 0 Å². The Morgan fingerprint density at radius 1 is 1.50 bits per heavy atom. The molecule has 1 aromatic carbocycles. The van der Waals surface area contributed by atoms with Crippen molar-refractivity contribution in [3.8, 4) is 5.75 Å². The summed E-state index contributed by atoms with van der Waals surface area (Å²) in [4.78, 5) is 10.5. The van der Waals surface area contributed by atoms with Crippen LogP contribution in [0.25, 0.3) is 0 Å². The van der Waals surface area contributed by atoms with E-state index in [2.05, 4.69) is 0 Å². The van der Waals surface area contributed by atoms with Gasteiger partial charge in [-0.3, -0.25) is 4.79 Å². The van der Waals surface area contributed by atoms with Gasteiger partial charge in [-0.25, -0.2) is 12.8 Å². The number of carboxylic acids is 1. The molecule has 0 heterocycles. The summed E-state index contributed by atoms with van der Waals surface area (Å²) in [5.74, 6) is -2.12. The maximum absolute atomic E-state index is 13.6. The molecule has 6 nitrogen and oxygen atoms in total. The molecule has 1 aliphatic carbocycles. The van der Waals surface area contributed by atoms with Gasteiger partial charge in [-0.05, 0) is 31.0 Å².